The van der Waals surface area contributed by atoms with E-state index in [4.69, 9.17) is 11.6 Å². The standard InChI is InChI=1S/C23H25ClFN3O/c24-21-3-1-2-4-22(21)27-13-15-28(16-14-27)23(29)19-9-11-26(12-10-19)17-18-5-7-20(25)8-6-18/h1-9H,10-17H2. The third kappa shape index (κ3) is 4.80. The van der Waals surface area contributed by atoms with Crippen molar-refractivity contribution in [2.45, 2.75) is 13.0 Å². The Morgan fingerprint density at radius 2 is 1.69 bits per heavy atom. The van der Waals surface area contributed by atoms with Crippen molar-refractivity contribution in [1.82, 2.24) is 9.80 Å². The molecule has 0 spiro atoms. The highest BCUT2D eigenvalue weighted by molar-refractivity contribution is 6.33. The lowest BCUT2D eigenvalue weighted by atomic mass is 10.1. The molecule has 2 aliphatic rings. The Hall–Kier alpha value is -2.37. The number of piperazine rings is 1. The number of hydrogen-bond donors (Lipinski definition) is 0. The number of carbonyl (C=O) groups is 1. The van der Waals surface area contributed by atoms with Crippen molar-refractivity contribution in [3.63, 3.8) is 0 Å². The number of rotatable bonds is 4. The van der Waals surface area contributed by atoms with Crippen molar-refractivity contribution >= 4 is 23.2 Å². The zero-order valence-electron chi connectivity index (χ0n) is 16.4. The molecule has 152 valence electrons. The number of para-hydroxylation sites is 1. The number of halogens is 2. The van der Waals surface area contributed by atoms with Gasteiger partial charge in [-0.05, 0) is 36.2 Å². The third-order valence-corrected chi connectivity index (χ3v) is 5.97. The summed E-state index contributed by atoms with van der Waals surface area (Å²) in [7, 11) is 0. The van der Waals surface area contributed by atoms with Gasteiger partial charge in [0, 0.05) is 51.4 Å². The molecule has 1 amide bonds. The van der Waals surface area contributed by atoms with Gasteiger partial charge in [0.25, 0.3) is 0 Å². The van der Waals surface area contributed by atoms with Gasteiger partial charge in [0.2, 0.25) is 5.91 Å². The van der Waals surface area contributed by atoms with Crippen LogP contribution in [0.3, 0.4) is 0 Å². The second-order valence-corrected chi connectivity index (χ2v) is 7.98. The summed E-state index contributed by atoms with van der Waals surface area (Å²) in [6, 6.07) is 14.5. The number of hydrogen-bond acceptors (Lipinski definition) is 3. The van der Waals surface area contributed by atoms with E-state index in [1.165, 1.54) is 12.1 Å². The molecule has 4 nitrogen and oxygen atoms in total. The molecule has 0 unspecified atom stereocenters. The highest BCUT2D eigenvalue weighted by Gasteiger charge is 2.26. The zero-order valence-corrected chi connectivity index (χ0v) is 17.1. The Morgan fingerprint density at radius 3 is 2.34 bits per heavy atom. The van der Waals surface area contributed by atoms with Crippen LogP contribution >= 0.6 is 11.6 Å². The Bertz CT molecular complexity index is 891. The molecule has 1 fully saturated rings. The molecule has 29 heavy (non-hydrogen) atoms. The second-order valence-electron chi connectivity index (χ2n) is 7.57. The van der Waals surface area contributed by atoms with Gasteiger partial charge < -0.3 is 9.80 Å². The zero-order chi connectivity index (χ0) is 20.2. The number of nitrogens with zero attached hydrogens (tertiary/aromatic N) is 3. The van der Waals surface area contributed by atoms with Crippen LogP contribution in [0, 0.1) is 5.82 Å². The summed E-state index contributed by atoms with van der Waals surface area (Å²) >= 11 is 6.30. The molecule has 0 bridgehead atoms. The second kappa shape index (κ2) is 8.97. The van der Waals surface area contributed by atoms with Crippen molar-refractivity contribution < 1.29 is 9.18 Å². The molecule has 2 aromatic rings. The Morgan fingerprint density at radius 1 is 0.966 bits per heavy atom. The number of carbonyl (C=O) groups excluding carboxylic acids is 1. The summed E-state index contributed by atoms with van der Waals surface area (Å²) in [4.78, 5) is 19.4. The summed E-state index contributed by atoms with van der Waals surface area (Å²) in [6.07, 6.45) is 2.81. The smallest absolute Gasteiger partial charge is 0.249 e. The number of amides is 1. The molecule has 4 rings (SSSR count). The van der Waals surface area contributed by atoms with Gasteiger partial charge in [0.05, 0.1) is 10.7 Å². The molecule has 1 saturated heterocycles. The Balaban J connectivity index is 1.30. The fraction of sp³-hybridized carbons (Fsp3) is 0.348. The van der Waals surface area contributed by atoms with Crippen LogP contribution in [-0.2, 0) is 11.3 Å². The van der Waals surface area contributed by atoms with E-state index in [1.807, 2.05) is 41.3 Å². The maximum Gasteiger partial charge on any atom is 0.249 e. The van der Waals surface area contributed by atoms with Crippen LogP contribution in [-0.4, -0.2) is 55.0 Å². The van der Waals surface area contributed by atoms with Crippen LogP contribution < -0.4 is 4.90 Å². The van der Waals surface area contributed by atoms with Crippen LogP contribution in [0.25, 0.3) is 0 Å². The van der Waals surface area contributed by atoms with E-state index in [0.717, 1.165) is 61.0 Å². The molecule has 2 heterocycles. The summed E-state index contributed by atoms with van der Waals surface area (Å²) in [5.41, 5.74) is 3.03. The topological polar surface area (TPSA) is 26.8 Å². The molecule has 0 aromatic heterocycles. The Kier molecular flexibility index (Phi) is 6.16. The molecular weight excluding hydrogens is 389 g/mol. The SMILES string of the molecule is O=C(C1=CCN(Cc2ccc(F)cc2)CC1)N1CCN(c2ccccc2Cl)CC1. The van der Waals surface area contributed by atoms with Crippen molar-refractivity contribution in [2.24, 2.45) is 0 Å². The van der Waals surface area contributed by atoms with Crippen LogP contribution in [0.5, 0.6) is 0 Å². The minimum atomic E-state index is -0.213. The molecular formula is C23H25ClFN3O. The van der Waals surface area contributed by atoms with Crippen LogP contribution in [0.1, 0.15) is 12.0 Å². The predicted octanol–water partition coefficient (Wildman–Crippen LogP) is 3.96. The molecule has 2 aromatic carbocycles. The van der Waals surface area contributed by atoms with Gasteiger partial charge in [0.15, 0.2) is 0 Å². The predicted molar refractivity (Wildman–Crippen MR) is 115 cm³/mol. The van der Waals surface area contributed by atoms with Gasteiger partial charge in [-0.25, -0.2) is 4.39 Å². The average molecular weight is 414 g/mol. The lowest BCUT2D eigenvalue weighted by Crippen LogP contribution is -2.49. The first kappa shape index (κ1) is 19.9. The minimum absolute atomic E-state index is 0.158. The number of benzene rings is 2. The monoisotopic (exact) mass is 413 g/mol. The summed E-state index contributed by atoms with van der Waals surface area (Å²) in [5, 5.41) is 0.753. The molecule has 0 aliphatic carbocycles. The first-order chi connectivity index (χ1) is 14.1. The summed E-state index contributed by atoms with van der Waals surface area (Å²) in [6.45, 7) is 5.36. The molecule has 2 aliphatic heterocycles. The molecule has 6 heteroatoms. The maximum absolute atomic E-state index is 13.0. The third-order valence-electron chi connectivity index (χ3n) is 5.65. The molecule has 0 atom stereocenters. The summed E-state index contributed by atoms with van der Waals surface area (Å²) < 4.78 is 13.0. The van der Waals surface area contributed by atoms with E-state index >= 15 is 0 Å². The van der Waals surface area contributed by atoms with Crippen LogP contribution in [0.2, 0.25) is 5.02 Å². The average Bonchev–Trinajstić information content (AvgIpc) is 2.76. The summed E-state index contributed by atoms with van der Waals surface area (Å²) in [5.74, 6) is -0.0555. The lowest BCUT2D eigenvalue weighted by molar-refractivity contribution is -0.127. The highest BCUT2D eigenvalue weighted by atomic mass is 35.5. The van der Waals surface area contributed by atoms with E-state index in [-0.39, 0.29) is 11.7 Å². The maximum atomic E-state index is 13.0. The van der Waals surface area contributed by atoms with Crippen LogP contribution in [0.15, 0.2) is 60.2 Å². The van der Waals surface area contributed by atoms with Gasteiger partial charge in [-0.1, -0.05) is 41.9 Å². The first-order valence-corrected chi connectivity index (χ1v) is 10.4. The van der Waals surface area contributed by atoms with Crippen molar-refractivity contribution in [1.29, 1.82) is 0 Å². The van der Waals surface area contributed by atoms with Crippen LogP contribution in [0.4, 0.5) is 10.1 Å². The van der Waals surface area contributed by atoms with Gasteiger partial charge in [-0.3, -0.25) is 9.69 Å². The normalized spacial score (nSPS) is 17.9. The van der Waals surface area contributed by atoms with Crippen molar-refractivity contribution in [2.75, 3.05) is 44.2 Å². The van der Waals surface area contributed by atoms with Gasteiger partial charge in [-0.2, -0.15) is 0 Å². The van der Waals surface area contributed by atoms with E-state index < -0.39 is 0 Å². The largest absolute Gasteiger partial charge is 0.367 e. The highest BCUT2D eigenvalue weighted by Crippen LogP contribution is 2.26. The molecule has 0 N–H and O–H groups in total. The fourth-order valence-corrected chi connectivity index (χ4v) is 4.21. The van der Waals surface area contributed by atoms with E-state index in [0.29, 0.717) is 13.1 Å². The molecule has 0 radical (unpaired) electrons. The van der Waals surface area contributed by atoms with E-state index in [1.54, 1.807) is 0 Å². The Labute approximate surface area is 176 Å². The number of anilines is 1. The van der Waals surface area contributed by atoms with E-state index in [9.17, 15) is 9.18 Å². The van der Waals surface area contributed by atoms with Gasteiger partial charge in [0.1, 0.15) is 5.82 Å². The van der Waals surface area contributed by atoms with Gasteiger partial charge in [-0.15, -0.1) is 0 Å². The fourth-order valence-electron chi connectivity index (χ4n) is 3.96. The molecule has 0 saturated carbocycles. The van der Waals surface area contributed by atoms with Gasteiger partial charge >= 0.3 is 0 Å². The van der Waals surface area contributed by atoms with Crippen molar-refractivity contribution in [3.8, 4) is 0 Å². The quantitative estimate of drug-likeness (QED) is 0.759. The van der Waals surface area contributed by atoms with Crippen molar-refractivity contribution in [3.05, 3.63) is 76.6 Å². The lowest BCUT2D eigenvalue weighted by Gasteiger charge is -2.37. The minimum Gasteiger partial charge on any atom is -0.367 e. The first-order valence-electron chi connectivity index (χ1n) is 10.0. The van der Waals surface area contributed by atoms with E-state index in [2.05, 4.69) is 15.9 Å².